The van der Waals surface area contributed by atoms with Crippen LogP contribution in [0.5, 0.6) is 0 Å². The summed E-state index contributed by atoms with van der Waals surface area (Å²) in [7, 11) is 0. The summed E-state index contributed by atoms with van der Waals surface area (Å²) in [5, 5.41) is 2.77. The summed E-state index contributed by atoms with van der Waals surface area (Å²) in [6.07, 6.45) is 6.01. The number of anilines is 2. The Labute approximate surface area is 188 Å². The van der Waals surface area contributed by atoms with Gasteiger partial charge in [-0.05, 0) is 62.3 Å². The van der Waals surface area contributed by atoms with Crippen LogP contribution in [-0.2, 0) is 4.79 Å². The molecule has 32 heavy (non-hydrogen) atoms. The lowest BCUT2D eigenvalue weighted by Crippen LogP contribution is -2.49. The second-order valence-corrected chi connectivity index (χ2v) is 8.39. The first-order valence-corrected chi connectivity index (χ1v) is 11.4. The summed E-state index contributed by atoms with van der Waals surface area (Å²) in [6.45, 7) is 5.98. The van der Waals surface area contributed by atoms with Gasteiger partial charge in [0.15, 0.2) is 0 Å². The molecule has 0 aliphatic carbocycles. The average Bonchev–Trinajstić information content (AvgIpc) is 2.84. The molecule has 2 aromatic rings. The first-order chi connectivity index (χ1) is 15.6. The van der Waals surface area contributed by atoms with Crippen molar-refractivity contribution in [3.05, 3.63) is 54.0 Å². The molecule has 0 radical (unpaired) electrons. The van der Waals surface area contributed by atoms with Crippen LogP contribution >= 0.6 is 0 Å². The van der Waals surface area contributed by atoms with E-state index < -0.39 is 0 Å². The van der Waals surface area contributed by atoms with E-state index in [4.69, 9.17) is 0 Å². The van der Waals surface area contributed by atoms with Crippen LogP contribution in [0, 0.1) is 5.82 Å². The largest absolute Gasteiger partial charge is 0.353 e. The van der Waals surface area contributed by atoms with Crippen molar-refractivity contribution >= 4 is 23.3 Å². The minimum absolute atomic E-state index is 0.238. The average molecular weight is 440 g/mol. The van der Waals surface area contributed by atoms with Crippen molar-refractivity contribution < 1.29 is 14.0 Å². The number of halogens is 1. The van der Waals surface area contributed by atoms with Gasteiger partial charge in [0, 0.05) is 44.7 Å². The number of hydrogen-bond acceptors (Lipinski definition) is 5. The molecular weight excluding hydrogens is 409 g/mol. The molecule has 3 heterocycles. The number of carbonyl (C=O) groups excluding carboxylic acids is 2. The van der Waals surface area contributed by atoms with Crippen molar-refractivity contribution in [2.75, 3.05) is 56.0 Å². The maximum atomic E-state index is 13.0. The lowest BCUT2D eigenvalue weighted by molar-refractivity contribution is -0.131. The summed E-state index contributed by atoms with van der Waals surface area (Å²) in [5.74, 6) is 0.375. The Balaban J connectivity index is 1.23. The molecule has 0 atom stereocenters. The number of rotatable bonds is 6. The highest BCUT2D eigenvalue weighted by Crippen LogP contribution is 2.18. The fourth-order valence-corrected chi connectivity index (χ4v) is 4.23. The number of carbonyl (C=O) groups is 2. The third-order valence-corrected chi connectivity index (χ3v) is 6.16. The number of amides is 2. The van der Waals surface area contributed by atoms with Crippen LogP contribution in [0.3, 0.4) is 0 Å². The van der Waals surface area contributed by atoms with Crippen molar-refractivity contribution in [1.82, 2.24) is 14.8 Å². The first kappa shape index (κ1) is 22.2. The molecule has 4 rings (SSSR count). The molecule has 8 heteroatoms. The quantitative estimate of drug-likeness (QED) is 0.750. The Morgan fingerprint density at radius 1 is 0.906 bits per heavy atom. The van der Waals surface area contributed by atoms with E-state index in [1.54, 1.807) is 12.3 Å². The number of nitrogens with one attached hydrogen (secondary N) is 1. The number of pyridine rings is 1. The fraction of sp³-hybridized carbons (Fsp3) is 0.458. The zero-order chi connectivity index (χ0) is 22.3. The molecule has 0 spiro atoms. The van der Waals surface area contributed by atoms with Gasteiger partial charge in [-0.2, -0.15) is 0 Å². The van der Waals surface area contributed by atoms with Crippen molar-refractivity contribution in [3.8, 4) is 0 Å². The normalized spacial score (nSPS) is 17.3. The number of piperazine rings is 1. The van der Waals surface area contributed by atoms with Gasteiger partial charge in [-0.1, -0.05) is 6.42 Å². The van der Waals surface area contributed by atoms with Gasteiger partial charge in [0.2, 0.25) is 5.91 Å². The maximum Gasteiger partial charge on any atom is 0.255 e. The number of aromatic nitrogens is 1. The number of benzene rings is 1. The zero-order valence-electron chi connectivity index (χ0n) is 18.3. The molecule has 0 unspecified atom stereocenters. The van der Waals surface area contributed by atoms with E-state index in [1.165, 1.54) is 43.5 Å². The molecular formula is C24H30FN5O2. The summed E-state index contributed by atoms with van der Waals surface area (Å²) >= 11 is 0. The minimum Gasteiger partial charge on any atom is -0.353 e. The summed E-state index contributed by atoms with van der Waals surface area (Å²) in [6, 6.07) is 9.08. The molecule has 170 valence electrons. The Hall–Kier alpha value is -3.00. The predicted molar refractivity (Wildman–Crippen MR) is 122 cm³/mol. The fourth-order valence-electron chi connectivity index (χ4n) is 4.23. The second-order valence-electron chi connectivity index (χ2n) is 8.39. The van der Waals surface area contributed by atoms with E-state index in [2.05, 4.69) is 20.1 Å². The molecule has 2 aliphatic rings. The number of nitrogens with zero attached hydrogens (tertiary/aromatic N) is 4. The van der Waals surface area contributed by atoms with E-state index in [0.717, 1.165) is 38.5 Å². The lowest BCUT2D eigenvalue weighted by Gasteiger charge is -2.36. The third-order valence-electron chi connectivity index (χ3n) is 6.16. The van der Waals surface area contributed by atoms with Crippen molar-refractivity contribution in [1.29, 1.82) is 0 Å². The number of piperidine rings is 1. The van der Waals surface area contributed by atoms with Gasteiger partial charge in [0.1, 0.15) is 11.6 Å². The van der Waals surface area contributed by atoms with Gasteiger partial charge in [0.05, 0.1) is 11.9 Å². The smallest absolute Gasteiger partial charge is 0.255 e. The summed E-state index contributed by atoms with van der Waals surface area (Å²) in [4.78, 5) is 35.8. The van der Waals surface area contributed by atoms with Crippen LogP contribution in [0.1, 0.15) is 36.0 Å². The van der Waals surface area contributed by atoms with Crippen LogP contribution in [0.15, 0.2) is 42.6 Å². The van der Waals surface area contributed by atoms with E-state index in [-0.39, 0.29) is 17.6 Å². The van der Waals surface area contributed by atoms with Gasteiger partial charge in [-0.3, -0.25) is 9.59 Å². The molecule has 0 saturated carbocycles. The van der Waals surface area contributed by atoms with Gasteiger partial charge in [-0.15, -0.1) is 0 Å². The van der Waals surface area contributed by atoms with Crippen LogP contribution in [-0.4, -0.2) is 72.4 Å². The highest BCUT2D eigenvalue weighted by atomic mass is 19.1. The molecule has 1 N–H and O–H groups in total. The van der Waals surface area contributed by atoms with Crippen LogP contribution < -0.4 is 10.2 Å². The number of likely N-dealkylation sites (tertiary alicyclic amines) is 1. The topological polar surface area (TPSA) is 68.8 Å². The monoisotopic (exact) mass is 439 g/mol. The molecule has 2 saturated heterocycles. The highest BCUT2D eigenvalue weighted by Gasteiger charge is 2.22. The Kier molecular flexibility index (Phi) is 7.32. The third kappa shape index (κ3) is 5.82. The molecule has 2 aliphatic heterocycles. The SMILES string of the molecule is O=C(Nc1ccc(N2CCN(C(=O)CCN3CCCCC3)CC2)nc1)c1ccc(F)cc1. The molecule has 1 aromatic carbocycles. The Bertz CT molecular complexity index is 905. The molecule has 7 nitrogen and oxygen atoms in total. The van der Waals surface area contributed by atoms with Gasteiger partial charge in [-0.25, -0.2) is 9.37 Å². The lowest BCUT2D eigenvalue weighted by atomic mass is 10.1. The highest BCUT2D eigenvalue weighted by molar-refractivity contribution is 6.04. The standard InChI is InChI=1S/C24H30FN5O2/c25-20-6-4-19(5-7-20)24(32)27-21-8-9-22(26-18-21)29-14-16-30(17-15-29)23(31)10-13-28-11-2-1-3-12-28/h4-9,18H,1-3,10-17H2,(H,27,32). The number of hydrogen-bond donors (Lipinski definition) is 1. The predicted octanol–water partition coefficient (Wildman–Crippen LogP) is 3.00. The molecule has 2 amide bonds. The van der Waals surface area contributed by atoms with Gasteiger partial charge < -0.3 is 20.0 Å². The van der Waals surface area contributed by atoms with Crippen LogP contribution in [0.25, 0.3) is 0 Å². The van der Waals surface area contributed by atoms with Crippen LogP contribution in [0.2, 0.25) is 0 Å². The zero-order valence-corrected chi connectivity index (χ0v) is 18.3. The Morgan fingerprint density at radius 3 is 2.28 bits per heavy atom. The van der Waals surface area contributed by atoms with E-state index in [0.29, 0.717) is 30.8 Å². The van der Waals surface area contributed by atoms with E-state index >= 15 is 0 Å². The molecule has 0 bridgehead atoms. The van der Waals surface area contributed by atoms with E-state index in [1.807, 2.05) is 11.0 Å². The van der Waals surface area contributed by atoms with Gasteiger partial charge >= 0.3 is 0 Å². The van der Waals surface area contributed by atoms with Gasteiger partial charge in [0.25, 0.3) is 5.91 Å². The van der Waals surface area contributed by atoms with E-state index in [9.17, 15) is 14.0 Å². The maximum absolute atomic E-state index is 13.0. The van der Waals surface area contributed by atoms with Crippen molar-refractivity contribution in [2.24, 2.45) is 0 Å². The Morgan fingerprint density at radius 2 is 1.62 bits per heavy atom. The summed E-state index contributed by atoms with van der Waals surface area (Å²) in [5.41, 5.74) is 0.964. The van der Waals surface area contributed by atoms with Crippen LogP contribution in [0.4, 0.5) is 15.9 Å². The first-order valence-electron chi connectivity index (χ1n) is 11.4. The van der Waals surface area contributed by atoms with Crippen molar-refractivity contribution in [2.45, 2.75) is 25.7 Å². The summed E-state index contributed by atoms with van der Waals surface area (Å²) < 4.78 is 13.0. The molecule has 2 fully saturated rings. The minimum atomic E-state index is -0.378. The second kappa shape index (κ2) is 10.5. The van der Waals surface area contributed by atoms with Crippen molar-refractivity contribution in [3.63, 3.8) is 0 Å². The molecule has 1 aromatic heterocycles.